The third kappa shape index (κ3) is 6.77. The molecule has 1 aliphatic carbocycles. The second-order valence-corrected chi connectivity index (χ2v) is 9.86. The molecule has 1 fully saturated rings. The standard InChI is InChI=1S/C24H26Cl4N2O2/c1-15(24(32)29-19-5-3-2-4-6-19)30(14-16-7-10-20(26)22(28)11-16)23(31)12-17-8-9-18(25)13-21(17)27/h7-11,13,15,19H,2-6,12,14H2,1H3,(H,29,32)/t15-/m1/s1. The molecule has 32 heavy (non-hydrogen) atoms. The van der Waals surface area contributed by atoms with Crippen LogP contribution in [0.4, 0.5) is 0 Å². The largest absolute Gasteiger partial charge is 0.352 e. The number of carbonyl (C=O) groups is 2. The van der Waals surface area contributed by atoms with Crippen LogP contribution in [-0.2, 0) is 22.6 Å². The summed E-state index contributed by atoms with van der Waals surface area (Å²) in [7, 11) is 0. The fraction of sp³-hybridized carbons (Fsp3) is 0.417. The molecule has 0 heterocycles. The Morgan fingerprint density at radius 2 is 1.69 bits per heavy atom. The molecule has 1 N–H and O–H groups in total. The van der Waals surface area contributed by atoms with Crippen molar-refractivity contribution >= 4 is 58.2 Å². The summed E-state index contributed by atoms with van der Waals surface area (Å²) in [6.45, 7) is 1.97. The molecule has 1 atom stereocenters. The minimum Gasteiger partial charge on any atom is -0.352 e. The van der Waals surface area contributed by atoms with Gasteiger partial charge in [-0.3, -0.25) is 9.59 Å². The van der Waals surface area contributed by atoms with Crippen molar-refractivity contribution in [2.45, 2.75) is 64.1 Å². The molecule has 3 rings (SSSR count). The van der Waals surface area contributed by atoms with Gasteiger partial charge in [-0.25, -0.2) is 0 Å². The zero-order valence-corrected chi connectivity index (χ0v) is 20.9. The Morgan fingerprint density at radius 1 is 0.969 bits per heavy atom. The lowest BCUT2D eigenvalue weighted by atomic mass is 9.95. The summed E-state index contributed by atoms with van der Waals surface area (Å²) in [6, 6.07) is 9.72. The maximum absolute atomic E-state index is 13.3. The van der Waals surface area contributed by atoms with Gasteiger partial charge in [-0.05, 0) is 55.2 Å². The van der Waals surface area contributed by atoms with E-state index in [1.54, 1.807) is 48.2 Å². The summed E-state index contributed by atoms with van der Waals surface area (Å²) in [5.41, 5.74) is 1.44. The van der Waals surface area contributed by atoms with Crippen LogP contribution in [0.1, 0.15) is 50.2 Å². The lowest BCUT2D eigenvalue weighted by Gasteiger charge is -2.31. The van der Waals surface area contributed by atoms with Crippen molar-refractivity contribution in [3.63, 3.8) is 0 Å². The lowest BCUT2D eigenvalue weighted by Crippen LogP contribution is -2.50. The van der Waals surface area contributed by atoms with Gasteiger partial charge in [-0.2, -0.15) is 0 Å². The highest BCUT2D eigenvalue weighted by molar-refractivity contribution is 6.42. The van der Waals surface area contributed by atoms with E-state index in [-0.39, 0.29) is 30.8 Å². The van der Waals surface area contributed by atoms with Gasteiger partial charge >= 0.3 is 0 Å². The van der Waals surface area contributed by atoms with E-state index in [0.29, 0.717) is 25.7 Å². The molecule has 0 radical (unpaired) electrons. The first-order valence-electron chi connectivity index (χ1n) is 10.7. The lowest BCUT2D eigenvalue weighted by molar-refractivity contribution is -0.140. The zero-order chi connectivity index (χ0) is 23.3. The van der Waals surface area contributed by atoms with Gasteiger partial charge in [-0.1, -0.05) is 77.8 Å². The van der Waals surface area contributed by atoms with Crippen LogP contribution >= 0.6 is 46.4 Å². The van der Waals surface area contributed by atoms with Crippen molar-refractivity contribution in [1.29, 1.82) is 0 Å². The molecule has 0 spiro atoms. The molecule has 4 nitrogen and oxygen atoms in total. The highest BCUT2D eigenvalue weighted by Crippen LogP contribution is 2.26. The van der Waals surface area contributed by atoms with Gasteiger partial charge in [0.25, 0.3) is 0 Å². The Labute approximate surface area is 209 Å². The quantitative estimate of drug-likeness (QED) is 0.445. The van der Waals surface area contributed by atoms with Gasteiger partial charge in [0.2, 0.25) is 11.8 Å². The van der Waals surface area contributed by atoms with E-state index in [1.165, 1.54) is 6.42 Å². The molecule has 0 aliphatic heterocycles. The molecule has 2 aromatic rings. The van der Waals surface area contributed by atoms with Crippen LogP contribution in [0.5, 0.6) is 0 Å². The number of carbonyl (C=O) groups excluding carboxylic acids is 2. The highest BCUT2D eigenvalue weighted by Gasteiger charge is 2.28. The normalized spacial score (nSPS) is 15.3. The van der Waals surface area contributed by atoms with Crippen LogP contribution in [-0.4, -0.2) is 28.8 Å². The van der Waals surface area contributed by atoms with Crippen LogP contribution < -0.4 is 5.32 Å². The number of rotatable bonds is 7. The topological polar surface area (TPSA) is 49.4 Å². The van der Waals surface area contributed by atoms with Crippen LogP contribution in [0.25, 0.3) is 0 Å². The molecule has 0 aromatic heterocycles. The van der Waals surface area contributed by atoms with Gasteiger partial charge in [0.15, 0.2) is 0 Å². The summed E-state index contributed by atoms with van der Waals surface area (Å²) < 4.78 is 0. The molecule has 0 bridgehead atoms. The van der Waals surface area contributed by atoms with Gasteiger partial charge < -0.3 is 10.2 Å². The molecule has 8 heteroatoms. The van der Waals surface area contributed by atoms with Gasteiger partial charge in [0.05, 0.1) is 16.5 Å². The van der Waals surface area contributed by atoms with Crippen LogP contribution in [0.2, 0.25) is 20.1 Å². The molecular formula is C24H26Cl4N2O2. The van der Waals surface area contributed by atoms with Crippen molar-refractivity contribution in [3.05, 3.63) is 67.6 Å². The van der Waals surface area contributed by atoms with Crippen LogP contribution in [0.3, 0.4) is 0 Å². The first-order chi connectivity index (χ1) is 15.2. The van der Waals surface area contributed by atoms with Crippen molar-refractivity contribution in [3.8, 4) is 0 Å². The van der Waals surface area contributed by atoms with Gasteiger partial charge in [0.1, 0.15) is 6.04 Å². The smallest absolute Gasteiger partial charge is 0.242 e. The van der Waals surface area contributed by atoms with E-state index >= 15 is 0 Å². The monoisotopic (exact) mass is 514 g/mol. The Balaban J connectivity index is 1.80. The number of hydrogen-bond acceptors (Lipinski definition) is 2. The molecule has 2 aromatic carbocycles. The first-order valence-corrected chi connectivity index (χ1v) is 12.2. The fourth-order valence-corrected chi connectivity index (χ4v) is 4.71. The number of amides is 2. The van der Waals surface area contributed by atoms with Crippen molar-refractivity contribution in [1.82, 2.24) is 10.2 Å². The second kappa shape index (κ2) is 11.6. The average Bonchev–Trinajstić information content (AvgIpc) is 2.76. The maximum atomic E-state index is 13.3. The molecule has 2 amide bonds. The highest BCUT2D eigenvalue weighted by atomic mass is 35.5. The van der Waals surface area contributed by atoms with Crippen molar-refractivity contribution < 1.29 is 9.59 Å². The SMILES string of the molecule is C[C@H](C(=O)NC1CCCCC1)N(Cc1ccc(Cl)c(Cl)c1)C(=O)Cc1ccc(Cl)cc1Cl. The van der Waals surface area contributed by atoms with E-state index in [2.05, 4.69) is 5.32 Å². The molecule has 0 unspecified atom stereocenters. The van der Waals surface area contributed by atoms with E-state index in [0.717, 1.165) is 31.2 Å². The van der Waals surface area contributed by atoms with Crippen LogP contribution in [0, 0.1) is 0 Å². The maximum Gasteiger partial charge on any atom is 0.242 e. The summed E-state index contributed by atoms with van der Waals surface area (Å²) in [5.74, 6) is -0.376. The van der Waals surface area contributed by atoms with Crippen molar-refractivity contribution in [2.75, 3.05) is 0 Å². The molecule has 1 saturated carbocycles. The van der Waals surface area contributed by atoms with E-state index in [4.69, 9.17) is 46.4 Å². The Kier molecular flexibility index (Phi) is 9.13. The summed E-state index contributed by atoms with van der Waals surface area (Å²) in [5, 5.41) is 4.87. The summed E-state index contributed by atoms with van der Waals surface area (Å²) in [4.78, 5) is 27.9. The molecule has 172 valence electrons. The Bertz CT molecular complexity index is 976. The number of halogens is 4. The molecule has 0 saturated heterocycles. The number of nitrogens with one attached hydrogen (secondary N) is 1. The minimum atomic E-state index is -0.662. The van der Waals surface area contributed by atoms with Gasteiger partial charge in [-0.15, -0.1) is 0 Å². The summed E-state index contributed by atoms with van der Waals surface area (Å²) in [6.07, 6.45) is 5.42. The first kappa shape index (κ1) is 25.2. The number of benzene rings is 2. The average molecular weight is 516 g/mol. The predicted molar refractivity (Wildman–Crippen MR) is 132 cm³/mol. The van der Waals surface area contributed by atoms with E-state index in [1.807, 2.05) is 0 Å². The van der Waals surface area contributed by atoms with E-state index in [9.17, 15) is 9.59 Å². The van der Waals surface area contributed by atoms with Crippen LogP contribution in [0.15, 0.2) is 36.4 Å². The fourth-order valence-electron chi connectivity index (χ4n) is 3.92. The minimum absolute atomic E-state index is 0.0539. The Morgan fingerprint density at radius 3 is 2.34 bits per heavy atom. The zero-order valence-electron chi connectivity index (χ0n) is 17.8. The number of nitrogens with zero attached hydrogens (tertiary/aromatic N) is 1. The third-order valence-corrected chi connectivity index (χ3v) is 7.14. The third-order valence-electron chi connectivity index (χ3n) is 5.81. The van der Waals surface area contributed by atoms with Crippen molar-refractivity contribution in [2.24, 2.45) is 0 Å². The molecular weight excluding hydrogens is 490 g/mol. The second-order valence-electron chi connectivity index (χ2n) is 8.20. The van der Waals surface area contributed by atoms with E-state index < -0.39 is 6.04 Å². The number of hydrogen-bond donors (Lipinski definition) is 1. The van der Waals surface area contributed by atoms with Gasteiger partial charge in [0, 0.05) is 22.6 Å². The summed E-state index contributed by atoms with van der Waals surface area (Å²) >= 11 is 24.5. The predicted octanol–water partition coefficient (Wildman–Crippen LogP) is 6.71. The Hall–Kier alpha value is -1.46. The molecule has 1 aliphatic rings.